The molecule has 0 amide bonds. The van der Waals surface area contributed by atoms with E-state index in [-0.39, 0.29) is 77.8 Å². The highest BCUT2D eigenvalue weighted by molar-refractivity contribution is 5.96. The SMILES string of the molecule is C.CC(=O)c1cccc(C2(OCC(F)(F)F)C3CCCC2CNC3)c1.CC(=O)c1cccc(C2(OCC(F)F)C3CCCC2CNC3)c1.CC(=O)c1cccc(C2(OCCF)C3CCCC2CNC3)c1.CCOC1(c2cccc(C(C)=O)c2)C2CCCC1CNC2.COC1(c2cccc(C(C)=O)c2)C2CCCC1CNC2. The number of hydrogen-bond acceptors (Lipinski definition) is 15. The maximum absolute atomic E-state index is 12.9. The molecule has 0 aromatic heterocycles. The summed E-state index contributed by atoms with van der Waals surface area (Å²) in [5.74, 6) is 3.18. The van der Waals surface area contributed by atoms with E-state index in [2.05, 4.69) is 51.7 Å². The third-order valence-corrected chi connectivity index (χ3v) is 26.2. The van der Waals surface area contributed by atoms with E-state index in [4.69, 9.17) is 23.7 Å². The molecule has 0 radical (unpaired) electrons. The van der Waals surface area contributed by atoms with Crippen LogP contribution in [0.15, 0.2) is 121 Å². The topological polar surface area (TPSA) is 192 Å². The van der Waals surface area contributed by atoms with Gasteiger partial charge in [0.25, 0.3) is 6.43 Å². The number of benzene rings is 5. The molecular weight excluding hydrogens is 1430 g/mol. The third kappa shape index (κ3) is 18.8. The van der Waals surface area contributed by atoms with Gasteiger partial charge in [-0.25, -0.2) is 13.2 Å². The molecule has 10 fully saturated rings. The third-order valence-electron chi connectivity index (χ3n) is 26.2. The molecular formula is C90H121F6N5O10. The van der Waals surface area contributed by atoms with E-state index in [9.17, 15) is 50.3 Å². The van der Waals surface area contributed by atoms with Gasteiger partial charge < -0.3 is 50.3 Å². The van der Waals surface area contributed by atoms with Gasteiger partial charge >= 0.3 is 6.18 Å². The summed E-state index contributed by atoms with van der Waals surface area (Å²) in [4.78, 5) is 58.6. The molecule has 5 aliphatic carbocycles. The summed E-state index contributed by atoms with van der Waals surface area (Å²) < 4.78 is 107. The van der Waals surface area contributed by atoms with Crippen molar-refractivity contribution in [2.45, 2.75) is 186 Å². The Morgan fingerprint density at radius 2 is 0.622 bits per heavy atom. The van der Waals surface area contributed by atoms with E-state index < -0.39 is 49.3 Å². The summed E-state index contributed by atoms with van der Waals surface area (Å²) in [5, 5.41) is 17.3. The van der Waals surface area contributed by atoms with Crippen LogP contribution in [-0.2, 0) is 51.7 Å². The number of Topliss-reactive ketones (excluding diaryl/α,β-unsaturated/α-hetero) is 5. The number of rotatable bonds is 21. The second-order valence-corrected chi connectivity index (χ2v) is 32.3. The van der Waals surface area contributed by atoms with Gasteiger partial charge in [-0.2, -0.15) is 13.2 Å². The Balaban J connectivity index is 0.000000147. The first-order chi connectivity index (χ1) is 52.9. The molecule has 5 aromatic carbocycles. The van der Waals surface area contributed by atoms with Gasteiger partial charge in [0.2, 0.25) is 0 Å². The van der Waals surface area contributed by atoms with E-state index in [1.54, 1.807) is 51.1 Å². The molecule has 5 heterocycles. The van der Waals surface area contributed by atoms with Crippen LogP contribution < -0.4 is 26.6 Å². The first-order valence-electron chi connectivity index (χ1n) is 40.5. The van der Waals surface area contributed by atoms with Gasteiger partial charge in [-0.15, -0.1) is 0 Å². The fourth-order valence-corrected chi connectivity index (χ4v) is 21.4. The average molecular weight is 1550 g/mol. The van der Waals surface area contributed by atoms with Crippen LogP contribution in [0, 0.1) is 59.2 Å². The molecule has 5 N–H and O–H groups in total. The molecule has 111 heavy (non-hydrogen) atoms. The van der Waals surface area contributed by atoms with Crippen LogP contribution in [0.4, 0.5) is 26.3 Å². The van der Waals surface area contributed by atoms with Gasteiger partial charge in [-0.05, 0) is 164 Å². The molecule has 5 aromatic rings. The fourth-order valence-electron chi connectivity index (χ4n) is 21.4. The average Bonchev–Trinajstić information content (AvgIpc) is 0.779. The summed E-state index contributed by atoms with van der Waals surface area (Å²) in [6.07, 6.45) is 9.54. The van der Waals surface area contributed by atoms with Crippen molar-refractivity contribution in [1.29, 1.82) is 0 Å². The molecule has 10 aliphatic rings. The van der Waals surface area contributed by atoms with E-state index in [1.165, 1.54) is 69.9 Å². The lowest BCUT2D eigenvalue weighted by atomic mass is 9.62. The number of ether oxygens (including phenoxy) is 5. The van der Waals surface area contributed by atoms with Crippen molar-refractivity contribution >= 4 is 28.9 Å². The van der Waals surface area contributed by atoms with Crippen molar-refractivity contribution in [2.75, 3.05) is 106 Å². The highest BCUT2D eigenvalue weighted by Gasteiger charge is 2.57. The van der Waals surface area contributed by atoms with E-state index >= 15 is 0 Å². The summed E-state index contributed by atoms with van der Waals surface area (Å²) in [7, 11) is 1.83. The lowest BCUT2D eigenvalue weighted by Crippen LogP contribution is -2.59. The first-order valence-corrected chi connectivity index (χ1v) is 40.5. The molecule has 15 nitrogen and oxygen atoms in total. The minimum Gasteiger partial charge on any atom is -0.373 e. The molecule has 608 valence electrons. The van der Waals surface area contributed by atoms with Gasteiger partial charge in [0.05, 0.1) is 6.61 Å². The zero-order valence-corrected chi connectivity index (χ0v) is 65.5. The number of methoxy groups -OCH3 is 1. The van der Waals surface area contributed by atoms with Crippen molar-refractivity contribution in [3.05, 3.63) is 177 Å². The quantitative estimate of drug-likeness (QED) is 0.0344. The Hall–Kier alpha value is -6.37. The van der Waals surface area contributed by atoms with Crippen molar-refractivity contribution in [3.8, 4) is 0 Å². The number of carbonyl (C=O) groups is 5. The minimum atomic E-state index is -4.37. The van der Waals surface area contributed by atoms with Crippen molar-refractivity contribution in [3.63, 3.8) is 0 Å². The summed E-state index contributed by atoms with van der Waals surface area (Å²) >= 11 is 0. The molecule has 10 atom stereocenters. The van der Waals surface area contributed by atoms with Gasteiger partial charge in [0.15, 0.2) is 28.9 Å². The van der Waals surface area contributed by atoms with Crippen molar-refractivity contribution in [2.24, 2.45) is 59.2 Å². The molecule has 0 spiro atoms. The van der Waals surface area contributed by atoms with E-state index in [0.717, 1.165) is 133 Å². The van der Waals surface area contributed by atoms with Crippen molar-refractivity contribution in [1.82, 2.24) is 26.6 Å². The zero-order chi connectivity index (χ0) is 78.4. The lowest BCUT2D eigenvalue weighted by molar-refractivity contribution is -0.244. The molecule has 5 saturated heterocycles. The number of fused-ring (bicyclic) bond motifs is 10. The van der Waals surface area contributed by atoms with Gasteiger partial charge in [-0.1, -0.05) is 131 Å². The van der Waals surface area contributed by atoms with Crippen molar-refractivity contribution < 1.29 is 74.0 Å². The van der Waals surface area contributed by atoms with Crippen LogP contribution in [0.1, 0.15) is 225 Å². The number of nitrogens with one attached hydrogen (secondary N) is 5. The predicted octanol–water partition coefficient (Wildman–Crippen LogP) is 16.7. The normalized spacial score (nSPS) is 30.9. The van der Waals surface area contributed by atoms with Crippen LogP contribution in [0.3, 0.4) is 0 Å². The molecule has 10 bridgehead atoms. The molecule has 21 heteroatoms. The smallest absolute Gasteiger partial charge is 0.373 e. The fraction of sp³-hybridized carbons (Fsp3) is 0.611. The zero-order valence-electron chi connectivity index (χ0n) is 65.5. The number of hydrogen-bond donors (Lipinski definition) is 5. The molecule has 15 rings (SSSR count). The van der Waals surface area contributed by atoms with Gasteiger partial charge in [0.1, 0.15) is 47.9 Å². The van der Waals surface area contributed by atoms with E-state index in [0.29, 0.717) is 70.9 Å². The lowest BCUT2D eigenvalue weighted by Gasteiger charge is -2.53. The minimum absolute atomic E-state index is 0. The molecule has 10 unspecified atom stereocenters. The largest absolute Gasteiger partial charge is 0.411 e. The summed E-state index contributed by atoms with van der Waals surface area (Å²) in [6, 6.07) is 38.3. The second kappa shape index (κ2) is 38.8. The Kier molecular flexibility index (Phi) is 30.5. The number of alkyl halides is 6. The Morgan fingerprint density at radius 1 is 0.387 bits per heavy atom. The maximum Gasteiger partial charge on any atom is 0.411 e. The van der Waals surface area contributed by atoms with Crippen LogP contribution in [0.5, 0.6) is 0 Å². The Labute approximate surface area is 654 Å². The van der Waals surface area contributed by atoms with E-state index in [1.807, 2.05) is 79.9 Å². The standard InChI is InChI=1S/C18H22F3NO2.C18H23F2NO2.C18H24FNO2.C18H25NO2.C17H23NO2.CH4/c1-12(23)13-4-2-5-14(8-13)18(24-11-17(19,20)21)15-6-3-7-16(18)10-22-9-15;1-12(22)13-4-2-5-14(8-13)18(23-11-17(19)20)15-6-3-7-16(18)10-21-9-15;1-13(21)14-4-2-5-15(10-14)18(22-9-8-19)16-6-3-7-17(18)12-20-11-16;1-3-21-18(15-7-4-6-14(10-15)13(2)20)16-8-5-9-17(18)12-19-11-16;1-12(19)13-5-3-6-14(9-13)17(20-2)15-7-4-8-16(17)11-18-10-15;/h2,4-5,8,15-16,22H,3,6-7,9-11H2,1H3;2,4-5,8,15-17,21H,3,6-7,9-11H2,1H3;2,4-5,10,16-17,20H,3,6-9,11-12H2,1H3;4,6-7,10,16-17,19H,3,5,8-9,11-12H2,1-2H3;3,5-6,9,15-16,18H,4,7-8,10-11H2,1-2H3;1H4. The first kappa shape index (κ1) is 87.0. The number of halogens is 6. The van der Waals surface area contributed by atoms with Crippen LogP contribution in [-0.4, -0.2) is 147 Å². The highest BCUT2D eigenvalue weighted by Crippen LogP contribution is 2.56. The van der Waals surface area contributed by atoms with Crippen LogP contribution in [0.2, 0.25) is 0 Å². The predicted molar refractivity (Wildman–Crippen MR) is 420 cm³/mol. The monoisotopic (exact) mass is 1550 g/mol. The number of ketones is 5. The summed E-state index contributed by atoms with van der Waals surface area (Å²) in [6.45, 7) is 17.1. The number of carbonyl (C=O) groups excluding carboxylic acids is 5. The van der Waals surface area contributed by atoms with Crippen LogP contribution >= 0.6 is 0 Å². The Morgan fingerprint density at radius 3 is 0.847 bits per heavy atom. The maximum atomic E-state index is 12.9. The van der Waals surface area contributed by atoms with Gasteiger partial charge in [0, 0.05) is 166 Å². The van der Waals surface area contributed by atoms with Gasteiger partial charge in [-0.3, -0.25) is 24.0 Å². The highest BCUT2D eigenvalue weighted by atomic mass is 19.4. The summed E-state index contributed by atoms with van der Waals surface area (Å²) in [5.41, 5.74) is 5.89. The molecule has 5 aliphatic heterocycles. The number of piperidine rings is 5. The van der Waals surface area contributed by atoms with Crippen LogP contribution in [0.25, 0.3) is 0 Å². The Bertz CT molecular complexity index is 3820. The molecule has 5 saturated carbocycles. The second-order valence-electron chi connectivity index (χ2n) is 32.3.